The average Bonchev–Trinajstić information content (AvgIpc) is 1.85. The van der Waals surface area contributed by atoms with Crippen molar-refractivity contribution in [3.05, 3.63) is 0 Å². The summed E-state index contributed by atoms with van der Waals surface area (Å²) in [5, 5.41) is 6.25. The minimum atomic E-state index is -4.91. The third kappa shape index (κ3) is 3.01. The Balaban J connectivity index is 4.15. The molecule has 0 heterocycles. The van der Waals surface area contributed by atoms with E-state index in [0.29, 0.717) is 0 Å². The van der Waals surface area contributed by atoms with Crippen molar-refractivity contribution in [2.45, 2.75) is 13.1 Å². The van der Waals surface area contributed by atoms with E-state index in [1.54, 1.807) is 0 Å². The van der Waals surface area contributed by atoms with Gasteiger partial charge in [0.2, 0.25) is 5.71 Å². The molecular formula is C5H6F3NO2. The van der Waals surface area contributed by atoms with Gasteiger partial charge in [0.05, 0.1) is 6.61 Å². The molecule has 0 aromatic carbocycles. The normalized spacial score (nSPS) is 10.9. The van der Waals surface area contributed by atoms with E-state index in [2.05, 4.69) is 4.74 Å². The van der Waals surface area contributed by atoms with Crippen molar-refractivity contribution >= 4 is 11.7 Å². The molecule has 0 fully saturated rings. The fourth-order valence-electron chi connectivity index (χ4n) is 0.319. The van der Waals surface area contributed by atoms with Gasteiger partial charge in [-0.25, -0.2) is 4.79 Å². The van der Waals surface area contributed by atoms with Crippen LogP contribution in [-0.2, 0) is 9.53 Å². The predicted molar refractivity (Wildman–Crippen MR) is 30.4 cm³/mol. The molecule has 0 aliphatic heterocycles. The Kier molecular flexibility index (Phi) is 3.03. The van der Waals surface area contributed by atoms with Crippen LogP contribution >= 0.6 is 0 Å². The lowest BCUT2D eigenvalue weighted by Crippen LogP contribution is -2.31. The topological polar surface area (TPSA) is 50.2 Å². The first kappa shape index (κ1) is 9.93. The van der Waals surface area contributed by atoms with Crippen molar-refractivity contribution < 1.29 is 22.7 Å². The van der Waals surface area contributed by atoms with E-state index in [0.717, 1.165) is 0 Å². The van der Waals surface area contributed by atoms with E-state index in [4.69, 9.17) is 5.41 Å². The van der Waals surface area contributed by atoms with Crippen LogP contribution in [0.25, 0.3) is 0 Å². The highest BCUT2D eigenvalue weighted by atomic mass is 19.4. The maximum absolute atomic E-state index is 11.5. The summed E-state index contributed by atoms with van der Waals surface area (Å²) in [6.07, 6.45) is -4.91. The molecule has 0 amide bonds. The number of halogens is 3. The Morgan fingerprint density at radius 1 is 1.55 bits per heavy atom. The van der Waals surface area contributed by atoms with Crippen LogP contribution in [-0.4, -0.2) is 24.5 Å². The molecule has 0 aliphatic carbocycles. The summed E-state index contributed by atoms with van der Waals surface area (Å²) in [4.78, 5) is 10.2. The Morgan fingerprint density at radius 2 is 2.00 bits per heavy atom. The van der Waals surface area contributed by atoms with Gasteiger partial charge in [-0.1, -0.05) is 0 Å². The number of rotatable bonds is 2. The first-order valence-electron chi connectivity index (χ1n) is 2.72. The molecule has 0 saturated heterocycles. The maximum Gasteiger partial charge on any atom is 0.439 e. The van der Waals surface area contributed by atoms with E-state index >= 15 is 0 Å². The summed E-state index contributed by atoms with van der Waals surface area (Å²) in [5.41, 5.74) is -1.97. The number of hydrogen-bond acceptors (Lipinski definition) is 3. The summed E-state index contributed by atoms with van der Waals surface area (Å²) in [7, 11) is 0. The largest absolute Gasteiger partial charge is 0.461 e. The second-order valence-electron chi connectivity index (χ2n) is 1.59. The number of carbonyl (C=O) groups is 1. The van der Waals surface area contributed by atoms with Gasteiger partial charge in [-0.3, -0.25) is 5.41 Å². The molecule has 0 aromatic heterocycles. The Hall–Kier alpha value is -1.07. The fraction of sp³-hybridized carbons (Fsp3) is 0.600. The zero-order valence-electron chi connectivity index (χ0n) is 5.66. The average molecular weight is 169 g/mol. The highest BCUT2D eigenvalue weighted by molar-refractivity contribution is 6.37. The minimum absolute atomic E-state index is 0.169. The molecule has 0 aromatic rings. The van der Waals surface area contributed by atoms with Gasteiger partial charge in [0.15, 0.2) is 0 Å². The lowest BCUT2D eigenvalue weighted by molar-refractivity contribution is -0.139. The molecule has 0 rings (SSSR count). The molecule has 0 radical (unpaired) electrons. The molecule has 11 heavy (non-hydrogen) atoms. The minimum Gasteiger partial charge on any atom is -0.461 e. The molecule has 1 N–H and O–H groups in total. The maximum atomic E-state index is 11.5. The van der Waals surface area contributed by atoms with Crippen molar-refractivity contribution in [1.29, 1.82) is 5.41 Å². The smallest absolute Gasteiger partial charge is 0.439 e. The van der Waals surface area contributed by atoms with Crippen molar-refractivity contribution in [3.63, 3.8) is 0 Å². The quantitative estimate of drug-likeness (QED) is 0.497. The lowest BCUT2D eigenvalue weighted by Gasteiger charge is -2.05. The Labute approximate surface area is 60.7 Å². The van der Waals surface area contributed by atoms with Crippen molar-refractivity contribution in [3.8, 4) is 0 Å². The fourth-order valence-corrected chi connectivity index (χ4v) is 0.319. The zero-order chi connectivity index (χ0) is 9.07. The monoisotopic (exact) mass is 169 g/mol. The number of carbonyl (C=O) groups excluding carboxylic acids is 1. The standard InChI is InChI=1S/C5H6F3NO2/c1-2-11-4(10)3(9)5(6,7)8/h9H,2H2,1H3. The third-order valence-electron chi connectivity index (χ3n) is 0.763. The Morgan fingerprint density at radius 3 is 2.27 bits per heavy atom. The van der Waals surface area contributed by atoms with Gasteiger partial charge < -0.3 is 4.74 Å². The van der Waals surface area contributed by atoms with Gasteiger partial charge in [0.1, 0.15) is 0 Å². The van der Waals surface area contributed by atoms with E-state index in [1.165, 1.54) is 6.92 Å². The summed E-state index contributed by atoms with van der Waals surface area (Å²) in [6.45, 7) is 1.19. The van der Waals surface area contributed by atoms with Gasteiger partial charge in [-0.05, 0) is 6.92 Å². The van der Waals surface area contributed by atoms with Crippen LogP contribution in [0.5, 0.6) is 0 Å². The van der Waals surface area contributed by atoms with Crippen LogP contribution in [0.1, 0.15) is 6.92 Å². The molecule has 0 saturated carbocycles. The molecule has 0 unspecified atom stereocenters. The number of ether oxygens (including phenoxy) is 1. The molecular weight excluding hydrogens is 163 g/mol. The number of hydrogen-bond donors (Lipinski definition) is 1. The highest BCUT2D eigenvalue weighted by Crippen LogP contribution is 2.16. The van der Waals surface area contributed by atoms with E-state index in [1.807, 2.05) is 0 Å². The van der Waals surface area contributed by atoms with Crippen molar-refractivity contribution in [2.24, 2.45) is 0 Å². The van der Waals surface area contributed by atoms with E-state index < -0.39 is 17.9 Å². The van der Waals surface area contributed by atoms with Crippen LogP contribution in [0.2, 0.25) is 0 Å². The molecule has 0 spiro atoms. The molecule has 64 valence electrons. The van der Waals surface area contributed by atoms with Crippen molar-refractivity contribution in [2.75, 3.05) is 6.61 Å². The van der Waals surface area contributed by atoms with Crippen LogP contribution in [0.15, 0.2) is 0 Å². The number of alkyl halides is 3. The second kappa shape index (κ2) is 3.36. The van der Waals surface area contributed by atoms with Gasteiger partial charge >= 0.3 is 12.1 Å². The van der Waals surface area contributed by atoms with Crippen LogP contribution in [0.3, 0.4) is 0 Å². The van der Waals surface area contributed by atoms with Gasteiger partial charge in [-0.2, -0.15) is 13.2 Å². The highest BCUT2D eigenvalue weighted by Gasteiger charge is 2.40. The van der Waals surface area contributed by atoms with Crippen LogP contribution < -0.4 is 0 Å². The predicted octanol–water partition coefficient (Wildman–Crippen LogP) is 1.13. The molecule has 0 aliphatic rings. The first-order chi connectivity index (χ1) is 4.89. The van der Waals surface area contributed by atoms with Crippen LogP contribution in [0.4, 0.5) is 13.2 Å². The van der Waals surface area contributed by atoms with Gasteiger partial charge in [0.25, 0.3) is 0 Å². The van der Waals surface area contributed by atoms with Crippen molar-refractivity contribution in [1.82, 2.24) is 0 Å². The third-order valence-corrected chi connectivity index (χ3v) is 0.763. The van der Waals surface area contributed by atoms with E-state index in [-0.39, 0.29) is 6.61 Å². The molecule has 0 atom stereocenters. The van der Waals surface area contributed by atoms with Crippen LogP contribution in [0, 0.1) is 5.41 Å². The lowest BCUT2D eigenvalue weighted by atomic mass is 10.4. The molecule has 3 nitrogen and oxygen atoms in total. The Bertz CT molecular complexity index is 175. The summed E-state index contributed by atoms with van der Waals surface area (Å²) in [6, 6.07) is 0. The summed E-state index contributed by atoms with van der Waals surface area (Å²) < 4.78 is 38.4. The van der Waals surface area contributed by atoms with Gasteiger partial charge in [-0.15, -0.1) is 0 Å². The number of nitrogens with one attached hydrogen (secondary N) is 1. The molecule has 6 heteroatoms. The number of esters is 1. The van der Waals surface area contributed by atoms with E-state index in [9.17, 15) is 18.0 Å². The SMILES string of the molecule is CCOC(=O)C(=N)C(F)(F)F. The van der Waals surface area contributed by atoms with Gasteiger partial charge in [0, 0.05) is 0 Å². The zero-order valence-corrected chi connectivity index (χ0v) is 5.66. The summed E-state index contributed by atoms with van der Waals surface area (Å²) in [5.74, 6) is -1.64. The second-order valence-corrected chi connectivity index (χ2v) is 1.59. The molecule has 0 bridgehead atoms. The summed E-state index contributed by atoms with van der Waals surface area (Å²) >= 11 is 0. The first-order valence-corrected chi connectivity index (χ1v) is 2.72.